The van der Waals surface area contributed by atoms with E-state index in [-0.39, 0.29) is 11.7 Å². The Kier molecular flexibility index (Phi) is 5.94. The van der Waals surface area contributed by atoms with Gasteiger partial charge in [0.05, 0.1) is 0 Å². The van der Waals surface area contributed by atoms with Gasteiger partial charge in [-0.05, 0) is 63.1 Å². The molecule has 1 saturated heterocycles. The van der Waals surface area contributed by atoms with Crippen LogP contribution in [0.15, 0.2) is 17.5 Å². The van der Waals surface area contributed by atoms with E-state index in [1.165, 1.54) is 18.2 Å². The van der Waals surface area contributed by atoms with E-state index in [2.05, 4.69) is 32.7 Å². The molecule has 5 nitrogen and oxygen atoms in total. The predicted octanol–water partition coefficient (Wildman–Crippen LogP) is 3.54. The summed E-state index contributed by atoms with van der Waals surface area (Å²) in [6.45, 7) is 9.02. The Morgan fingerprint density at radius 2 is 2.19 bits per heavy atom. The van der Waals surface area contributed by atoms with Crippen LogP contribution in [0.1, 0.15) is 56.7 Å². The van der Waals surface area contributed by atoms with Gasteiger partial charge < -0.3 is 10.3 Å². The number of carbonyl (C=O) groups is 2. The molecule has 0 unspecified atom stereocenters. The van der Waals surface area contributed by atoms with Crippen molar-refractivity contribution in [3.63, 3.8) is 0 Å². The van der Waals surface area contributed by atoms with Crippen molar-refractivity contribution in [2.75, 3.05) is 19.6 Å². The number of aryl methyl sites for hydroxylation is 1. The lowest BCUT2D eigenvalue weighted by atomic mass is 9.98. The van der Waals surface area contributed by atoms with Crippen LogP contribution in [0.4, 0.5) is 0 Å². The van der Waals surface area contributed by atoms with E-state index in [1.54, 1.807) is 11.3 Å². The first kappa shape index (κ1) is 18.9. The van der Waals surface area contributed by atoms with Gasteiger partial charge in [-0.1, -0.05) is 6.07 Å². The minimum absolute atomic E-state index is 0.00759. The first-order valence-electron chi connectivity index (χ1n) is 9.18. The average Bonchev–Trinajstić information content (AvgIpc) is 3.20. The zero-order chi connectivity index (χ0) is 18.7. The molecule has 0 spiro atoms. The molecule has 1 amide bonds. The molecule has 140 valence electrons. The topological polar surface area (TPSA) is 65.2 Å². The van der Waals surface area contributed by atoms with E-state index in [1.807, 2.05) is 13.8 Å². The Morgan fingerprint density at radius 3 is 2.85 bits per heavy atom. The van der Waals surface area contributed by atoms with Crippen LogP contribution < -0.4 is 5.32 Å². The third kappa shape index (κ3) is 4.24. The fraction of sp³-hybridized carbons (Fsp3) is 0.500. The number of H-pyrrole nitrogens is 1. The molecule has 0 bridgehead atoms. The van der Waals surface area contributed by atoms with Crippen LogP contribution in [0.2, 0.25) is 0 Å². The number of piperidine rings is 1. The van der Waals surface area contributed by atoms with Gasteiger partial charge in [0.15, 0.2) is 5.78 Å². The molecule has 6 heteroatoms. The van der Waals surface area contributed by atoms with Crippen LogP contribution >= 0.6 is 11.3 Å². The smallest absolute Gasteiger partial charge is 0.268 e. The second-order valence-corrected chi connectivity index (χ2v) is 8.25. The highest BCUT2D eigenvalue weighted by molar-refractivity contribution is 7.09. The van der Waals surface area contributed by atoms with Crippen molar-refractivity contribution >= 4 is 23.0 Å². The van der Waals surface area contributed by atoms with Crippen molar-refractivity contribution < 1.29 is 9.59 Å². The summed E-state index contributed by atoms with van der Waals surface area (Å²) in [6.07, 6.45) is 2.31. The minimum atomic E-state index is -0.117. The summed E-state index contributed by atoms with van der Waals surface area (Å²) in [5.41, 5.74) is 2.66. The van der Waals surface area contributed by atoms with Crippen molar-refractivity contribution in [2.24, 2.45) is 5.92 Å². The van der Waals surface area contributed by atoms with Crippen LogP contribution in [0.5, 0.6) is 0 Å². The van der Waals surface area contributed by atoms with E-state index in [9.17, 15) is 9.59 Å². The Morgan fingerprint density at radius 1 is 1.38 bits per heavy atom. The predicted molar refractivity (Wildman–Crippen MR) is 105 cm³/mol. The summed E-state index contributed by atoms with van der Waals surface area (Å²) < 4.78 is 0. The first-order valence-corrected chi connectivity index (χ1v) is 10.1. The van der Waals surface area contributed by atoms with Gasteiger partial charge in [0.2, 0.25) is 0 Å². The molecule has 0 saturated carbocycles. The number of hydrogen-bond acceptors (Lipinski definition) is 4. The Hall–Kier alpha value is -1.92. The summed E-state index contributed by atoms with van der Waals surface area (Å²) in [7, 11) is 0. The van der Waals surface area contributed by atoms with Gasteiger partial charge >= 0.3 is 0 Å². The Labute approximate surface area is 158 Å². The number of Topliss-reactive ketones (excluding diaryl/α,β-unsaturated/α-hetero) is 1. The number of hydrogen-bond donors (Lipinski definition) is 2. The van der Waals surface area contributed by atoms with Crippen molar-refractivity contribution in [1.29, 1.82) is 0 Å². The van der Waals surface area contributed by atoms with Gasteiger partial charge in [0.25, 0.3) is 5.91 Å². The third-order valence-electron chi connectivity index (χ3n) is 5.13. The normalized spacial score (nSPS) is 18.0. The molecule has 1 aliphatic rings. The van der Waals surface area contributed by atoms with Gasteiger partial charge in [-0.25, -0.2) is 0 Å². The molecule has 1 fully saturated rings. The lowest BCUT2D eigenvalue weighted by Crippen LogP contribution is -2.40. The zero-order valence-electron chi connectivity index (χ0n) is 15.7. The standard InChI is InChI=1S/C20H27N3O2S/c1-13-18(15(3)24)14(2)22-19(13)20(25)21-10-16-6-4-8-23(11-16)12-17-7-5-9-26-17/h5,7,9,16,22H,4,6,8,10-12H2,1-3H3,(H,21,25)/t16-/m0/s1. The van der Waals surface area contributed by atoms with Gasteiger partial charge in [-0.3, -0.25) is 14.5 Å². The van der Waals surface area contributed by atoms with Crippen molar-refractivity contribution in [3.05, 3.63) is 44.9 Å². The maximum Gasteiger partial charge on any atom is 0.268 e. The Balaban J connectivity index is 1.56. The summed E-state index contributed by atoms with van der Waals surface area (Å²) in [5, 5.41) is 5.18. The van der Waals surface area contributed by atoms with Crippen LogP contribution in [-0.2, 0) is 6.54 Å². The summed E-state index contributed by atoms with van der Waals surface area (Å²) >= 11 is 1.80. The molecule has 0 aliphatic carbocycles. The molecule has 2 aromatic heterocycles. The molecular formula is C20H27N3O2S. The number of nitrogens with zero attached hydrogens (tertiary/aromatic N) is 1. The number of ketones is 1. The molecule has 2 aromatic rings. The lowest BCUT2D eigenvalue weighted by Gasteiger charge is -2.32. The highest BCUT2D eigenvalue weighted by Crippen LogP contribution is 2.21. The second-order valence-electron chi connectivity index (χ2n) is 7.21. The molecule has 0 radical (unpaired) electrons. The van der Waals surface area contributed by atoms with E-state index < -0.39 is 0 Å². The number of rotatable bonds is 6. The fourth-order valence-corrected chi connectivity index (χ4v) is 4.66. The highest BCUT2D eigenvalue weighted by atomic mass is 32.1. The molecule has 3 rings (SSSR count). The van der Waals surface area contributed by atoms with Gasteiger partial charge in [-0.15, -0.1) is 11.3 Å². The lowest BCUT2D eigenvalue weighted by molar-refractivity contribution is 0.0925. The van der Waals surface area contributed by atoms with Gasteiger partial charge in [0, 0.05) is 35.8 Å². The zero-order valence-corrected chi connectivity index (χ0v) is 16.5. The number of thiophene rings is 1. The largest absolute Gasteiger partial charge is 0.354 e. The van der Waals surface area contributed by atoms with E-state index in [0.29, 0.717) is 23.7 Å². The van der Waals surface area contributed by atoms with Crippen molar-refractivity contribution in [2.45, 2.75) is 40.2 Å². The molecule has 2 N–H and O–H groups in total. The maximum absolute atomic E-state index is 12.6. The Bertz CT molecular complexity index is 779. The highest BCUT2D eigenvalue weighted by Gasteiger charge is 2.23. The monoisotopic (exact) mass is 373 g/mol. The molecule has 0 aromatic carbocycles. The van der Waals surface area contributed by atoms with E-state index in [0.717, 1.165) is 37.3 Å². The van der Waals surface area contributed by atoms with Crippen LogP contribution in [-0.4, -0.2) is 41.2 Å². The quantitative estimate of drug-likeness (QED) is 0.761. The summed E-state index contributed by atoms with van der Waals surface area (Å²) in [5.74, 6) is 0.344. The van der Waals surface area contributed by atoms with E-state index in [4.69, 9.17) is 0 Å². The number of likely N-dealkylation sites (tertiary alicyclic amines) is 1. The molecular weight excluding hydrogens is 346 g/mol. The minimum Gasteiger partial charge on any atom is -0.354 e. The summed E-state index contributed by atoms with van der Waals surface area (Å²) in [6, 6.07) is 4.27. The van der Waals surface area contributed by atoms with Crippen LogP contribution in [0, 0.1) is 19.8 Å². The average molecular weight is 374 g/mol. The molecule has 3 heterocycles. The summed E-state index contributed by atoms with van der Waals surface area (Å²) in [4.78, 5) is 31.3. The van der Waals surface area contributed by atoms with Crippen molar-refractivity contribution in [1.82, 2.24) is 15.2 Å². The number of carbonyl (C=O) groups excluding carboxylic acids is 2. The third-order valence-corrected chi connectivity index (χ3v) is 5.99. The fourth-order valence-electron chi connectivity index (χ4n) is 3.92. The molecule has 26 heavy (non-hydrogen) atoms. The molecule has 1 aliphatic heterocycles. The van der Waals surface area contributed by atoms with E-state index >= 15 is 0 Å². The SMILES string of the molecule is CC(=O)c1c(C)[nH]c(C(=O)NC[C@@H]2CCCN(Cc3cccs3)C2)c1C. The first-order chi connectivity index (χ1) is 12.5. The van der Waals surface area contributed by atoms with Crippen LogP contribution in [0.3, 0.4) is 0 Å². The van der Waals surface area contributed by atoms with Crippen molar-refractivity contribution in [3.8, 4) is 0 Å². The number of aromatic amines is 1. The maximum atomic E-state index is 12.6. The number of amides is 1. The van der Waals surface area contributed by atoms with Crippen LogP contribution in [0.25, 0.3) is 0 Å². The van der Waals surface area contributed by atoms with Gasteiger partial charge in [-0.2, -0.15) is 0 Å². The molecule has 1 atom stereocenters. The number of aromatic nitrogens is 1. The second kappa shape index (κ2) is 8.18. The number of nitrogens with one attached hydrogen (secondary N) is 2. The van der Waals surface area contributed by atoms with Gasteiger partial charge in [0.1, 0.15) is 5.69 Å².